The van der Waals surface area contributed by atoms with Crippen LogP contribution in [0.5, 0.6) is 0 Å². The molecule has 0 aliphatic heterocycles. The van der Waals surface area contributed by atoms with Crippen LogP contribution in [0.25, 0.3) is 0 Å². The molecule has 1 aromatic heterocycles. The molecule has 9 nitrogen and oxygen atoms in total. The van der Waals surface area contributed by atoms with E-state index in [1.807, 2.05) is 6.92 Å². The van der Waals surface area contributed by atoms with Crippen molar-refractivity contribution in [3.8, 4) is 0 Å². The van der Waals surface area contributed by atoms with Crippen LogP contribution in [0, 0.1) is 0 Å². The molecule has 0 N–H and O–H groups in total. The number of sulfone groups is 1. The van der Waals surface area contributed by atoms with Crippen LogP contribution in [0.2, 0.25) is 0 Å². The Morgan fingerprint density at radius 2 is 1.92 bits per heavy atom. The summed E-state index contributed by atoms with van der Waals surface area (Å²) in [5.41, 5.74) is 0. The van der Waals surface area contributed by atoms with E-state index in [0.717, 1.165) is 19.3 Å². The molecule has 0 aromatic carbocycles. The van der Waals surface area contributed by atoms with Crippen molar-refractivity contribution in [3.63, 3.8) is 0 Å². The third-order valence-electron chi connectivity index (χ3n) is 3.09. The molecule has 1 rings (SSSR count). The summed E-state index contributed by atoms with van der Waals surface area (Å²) in [7, 11) is -0.667. The first-order valence-electron chi connectivity index (χ1n) is 7.99. The van der Waals surface area contributed by atoms with E-state index in [-0.39, 0.29) is 21.5 Å². The maximum Gasteiger partial charge on any atom is 0.437 e. The molecule has 25 heavy (non-hydrogen) atoms. The van der Waals surface area contributed by atoms with Gasteiger partial charge in [-0.15, -0.1) is 9.78 Å². The fraction of sp³-hybridized carbons (Fsp3) is 0.714. The zero-order valence-corrected chi connectivity index (χ0v) is 16.5. The number of unbranched alkanes of at least 4 members (excludes halogenated alkanes) is 3. The Hall–Kier alpha value is -1.75. The normalized spacial score (nSPS) is 12.2. The number of hydrogen-bond donors (Lipinski definition) is 0. The number of hydrogen-bond acceptors (Lipinski definition) is 7. The van der Waals surface area contributed by atoms with Crippen molar-refractivity contribution in [2.75, 3.05) is 26.5 Å². The lowest BCUT2D eigenvalue weighted by atomic mass is 10.2. The van der Waals surface area contributed by atoms with E-state index >= 15 is 0 Å². The summed E-state index contributed by atoms with van der Waals surface area (Å²) in [6, 6.07) is -0.631. The SMILES string of the molecule is CCCCCCS(=O)(=O)c1nn(C(=O)OCC)c(=NC(=O)N(C)C)s1. The molecule has 0 aliphatic carbocycles. The molecule has 11 heteroatoms. The Morgan fingerprint density at radius 1 is 1.24 bits per heavy atom. The quantitative estimate of drug-likeness (QED) is 0.655. The van der Waals surface area contributed by atoms with Crippen LogP contribution in [0.3, 0.4) is 0 Å². The van der Waals surface area contributed by atoms with Crippen molar-refractivity contribution in [3.05, 3.63) is 4.80 Å². The summed E-state index contributed by atoms with van der Waals surface area (Å²) in [4.78, 5) is 28.5. The molecule has 0 saturated carbocycles. The zero-order valence-electron chi connectivity index (χ0n) is 14.9. The van der Waals surface area contributed by atoms with Gasteiger partial charge in [-0.3, -0.25) is 0 Å². The second-order valence-electron chi connectivity index (χ2n) is 5.43. The summed E-state index contributed by atoms with van der Waals surface area (Å²) < 4.78 is 30.1. The smallest absolute Gasteiger partial charge is 0.437 e. The highest BCUT2D eigenvalue weighted by Crippen LogP contribution is 2.14. The number of carbonyl (C=O) groups is 2. The number of urea groups is 1. The molecular formula is C14H24N4O5S2. The Bertz CT molecular complexity index is 764. The van der Waals surface area contributed by atoms with E-state index in [2.05, 4.69) is 10.1 Å². The van der Waals surface area contributed by atoms with Gasteiger partial charge in [0.1, 0.15) is 0 Å². The first-order chi connectivity index (χ1) is 11.7. The lowest BCUT2D eigenvalue weighted by Gasteiger charge is -2.04. The molecule has 142 valence electrons. The van der Waals surface area contributed by atoms with Crippen LogP contribution < -0.4 is 4.80 Å². The average Bonchev–Trinajstić information content (AvgIpc) is 2.96. The number of ether oxygens (including phenoxy) is 1. The van der Waals surface area contributed by atoms with E-state index in [0.29, 0.717) is 22.4 Å². The molecule has 0 radical (unpaired) electrons. The molecule has 1 heterocycles. The van der Waals surface area contributed by atoms with Crippen LogP contribution in [0.1, 0.15) is 39.5 Å². The molecule has 0 unspecified atom stereocenters. The Kier molecular flexibility index (Phi) is 8.23. The van der Waals surface area contributed by atoms with Gasteiger partial charge in [-0.25, -0.2) is 18.0 Å². The highest BCUT2D eigenvalue weighted by molar-refractivity contribution is 7.93. The summed E-state index contributed by atoms with van der Waals surface area (Å²) in [6.45, 7) is 3.73. The highest BCUT2D eigenvalue weighted by Gasteiger charge is 2.23. The summed E-state index contributed by atoms with van der Waals surface area (Å²) in [5.74, 6) is -0.0651. The predicted molar refractivity (Wildman–Crippen MR) is 93.4 cm³/mol. The van der Waals surface area contributed by atoms with Gasteiger partial charge in [0.25, 0.3) is 0 Å². The lowest BCUT2D eigenvalue weighted by Crippen LogP contribution is -2.29. The van der Waals surface area contributed by atoms with Crippen LogP contribution in [0.4, 0.5) is 9.59 Å². The van der Waals surface area contributed by atoms with Gasteiger partial charge in [0, 0.05) is 14.1 Å². The second-order valence-corrected chi connectivity index (χ2v) is 8.67. The van der Waals surface area contributed by atoms with E-state index in [1.165, 1.54) is 19.0 Å². The molecular weight excluding hydrogens is 368 g/mol. The number of rotatable bonds is 7. The molecule has 0 bridgehead atoms. The monoisotopic (exact) mass is 392 g/mol. The van der Waals surface area contributed by atoms with Crippen molar-refractivity contribution in [2.45, 2.75) is 43.9 Å². The molecule has 1 aromatic rings. The summed E-state index contributed by atoms with van der Waals surface area (Å²) in [6.07, 6.45) is 2.38. The van der Waals surface area contributed by atoms with E-state index in [4.69, 9.17) is 4.74 Å². The Labute approximate surface area is 151 Å². The standard InChI is InChI=1S/C14H24N4O5S2/c1-5-7-8-9-10-25(21,22)13-16-18(14(20)23-6-2)12(24-13)15-11(19)17(3)4/h5-10H2,1-4H3. The van der Waals surface area contributed by atoms with Crippen molar-refractivity contribution >= 4 is 33.3 Å². The minimum atomic E-state index is -3.65. The van der Waals surface area contributed by atoms with Crippen molar-refractivity contribution in [2.24, 2.45) is 4.99 Å². The number of amides is 2. The maximum atomic E-state index is 12.4. The minimum absolute atomic E-state index is 0.0651. The predicted octanol–water partition coefficient (Wildman–Crippen LogP) is 1.89. The van der Waals surface area contributed by atoms with Gasteiger partial charge in [-0.2, -0.15) is 4.99 Å². The number of aromatic nitrogens is 2. The molecule has 2 amide bonds. The van der Waals surface area contributed by atoms with Gasteiger partial charge in [0.2, 0.25) is 19.0 Å². The molecule has 0 saturated heterocycles. The fourth-order valence-corrected chi connectivity index (χ4v) is 4.30. The maximum absolute atomic E-state index is 12.4. The minimum Gasteiger partial charge on any atom is -0.448 e. The molecule has 0 spiro atoms. The van der Waals surface area contributed by atoms with Crippen LogP contribution in [0.15, 0.2) is 9.33 Å². The van der Waals surface area contributed by atoms with Crippen LogP contribution >= 0.6 is 11.3 Å². The first kappa shape index (κ1) is 21.3. The van der Waals surface area contributed by atoms with Crippen LogP contribution in [-0.4, -0.2) is 61.7 Å². The van der Waals surface area contributed by atoms with Crippen molar-refractivity contribution in [1.82, 2.24) is 14.7 Å². The average molecular weight is 393 g/mol. The lowest BCUT2D eigenvalue weighted by molar-refractivity contribution is 0.149. The zero-order chi connectivity index (χ0) is 19.0. The highest BCUT2D eigenvalue weighted by atomic mass is 32.2. The largest absolute Gasteiger partial charge is 0.448 e. The van der Waals surface area contributed by atoms with Crippen LogP contribution in [-0.2, 0) is 14.6 Å². The van der Waals surface area contributed by atoms with Gasteiger partial charge >= 0.3 is 12.1 Å². The number of carbonyl (C=O) groups excluding carboxylic acids is 2. The molecule has 0 aliphatic rings. The third-order valence-corrected chi connectivity index (χ3v) is 6.24. The summed E-state index contributed by atoms with van der Waals surface area (Å²) in [5, 5.41) is 3.82. The third kappa shape index (κ3) is 6.24. The molecule has 0 fully saturated rings. The van der Waals surface area contributed by atoms with Crippen molar-refractivity contribution < 1.29 is 22.7 Å². The second kappa shape index (κ2) is 9.66. The van der Waals surface area contributed by atoms with Gasteiger partial charge in [0.05, 0.1) is 12.4 Å². The summed E-state index contributed by atoms with van der Waals surface area (Å²) >= 11 is 0.679. The Balaban J connectivity index is 3.22. The fourth-order valence-electron chi connectivity index (χ4n) is 1.75. The van der Waals surface area contributed by atoms with Crippen molar-refractivity contribution in [1.29, 1.82) is 0 Å². The van der Waals surface area contributed by atoms with E-state index in [9.17, 15) is 18.0 Å². The van der Waals surface area contributed by atoms with E-state index in [1.54, 1.807) is 6.92 Å². The van der Waals surface area contributed by atoms with E-state index < -0.39 is 22.0 Å². The van der Waals surface area contributed by atoms with Gasteiger partial charge in [-0.05, 0) is 13.3 Å². The number of nitrogens with zero attached hydrogens (tertiary/aromatic N) is 4. The first-order valence-corrected chi connectivity index (χ1v) is 10.5. The van der Waals surface area contributed by atoms with Gasteiger partial charge < -0.3 is 9.64 Å². The Morgan fingerprint density at radius 3 is 2.48 bits per heavy atom. The molecule has 0 atom stereocenters. The van der Waals surface area contributed by atoms with Gasteiger partial charge in [0.15, 0.2) is 0 Å². The topological polar surface area (TPSA) is 111 Å². The van der Waals surface area contributed by atoms with Gasteiger partial charge in [-0.1, -0.05) is 37.5 Å².